The first-order chi connectivity index (χ1) is 13.6. The Balaban J connectivity index is 1.53. The fourth-order valence-corrected chi connectivity index (χ4v) is 5.79. The van der Waals surface area contributed by atoms with Gasteiger partial charge in [-0.05, 0) is 42.5 Å². The van der Waals surface area contributed by atoms with Gasteiger partial charge >= 0.3 is 0 Å². The maximum Gasteiger partial charge on any atom is 0.243 e. The van der Waals surface area contributed by atoms with E-state index in [2.05, 4.69) is 11.1 Å². The first-order valence-electron chi connectivity index (χ1n) is 9.62. The van der Waals surface area contributed by atoms with Crippen molar-refractivity contribution in [2.45, 2.75) is 30.2 Å². The second-order valence-electron chi connectivity index (χ2n) is 7.24. The number of sulfonamides is 1. The number of nitrogens with one attached hydrogen (secondary N) is 1. The fourth-order valence-electron chi connectivity index (χ4n) is 4.10. The van der Waals surface area contributed by atoms with Gasteiger partial charge in [-0.2, -0.15) is 4.31 Å². The lowest BCUT2D eigenvalue weighted by Gasteiger charge is -2.34. The van der Waals surface area contributed by atoms with E-state index in [0.29, 0.717) is 31.3 Å². The molecular weight excluding hydrogens is 376 g/mol. The molecule has 1 aromatic heterocycles. The van der Waals surface area contributed by atoms with Crippen molar-refractivity contribution < 1.29 is 17.9 Å². The average Bonchev–Trinajstić information content (AvgIpc) is 3.17. The normalized spacial score (nSPS) is 20.4. The highest BCUT2D eigenvalue weighted by Gasteiger charge is 2.35. The summed E-state index contributed by atoms with van der Waals surface area (Å²) in [5.41, 5.74) is 1.97. The van der Waals surface area contributed by atoms with Crippen LogP contribution in [0.4, 0.5) is 0 Å². The molecule has 0 spiro atoms. The van der Waals surface area contributed by atoms with E-state index in [-0.39, 0.29) is 10.9 Å². The number of piperidine rings is 1. The van der Waals surface area contributed by atoms with Gasteiger partial charge in [0.2, 0.25) is 10.0 Å². The Bertz CT molecular complexity index is 1090. The van der Waals surface area contributed by atoms with Crippen molar-refractivity contribution in [3.8, 4) is 11.5 Å². The Morgan fingerprint density at radius 3 is 2.64 bits per heavy atom. The van der Waals surface area contributed by atoms with Crippen LogP contribution in [0.2, 0.25) is 0 Å². The van der Waals surface area contributed by atoms with Crippen molar-refractivity contribution in [2.24, 2.45) is 0 Å². The first kappa shape index (κ1) is 17.6. The van der Waals surface area contributed by atoms with Crippen molar-refractivity contribution in [3.05, 3.63) is 54.2 Å². The Morgan fingerprint density at radius 2 is 1.79 bits per heavy atom. The third kappa shape index (κ3) is 2.95. The van der Waals surface area contributed by atoms with Gasteiger partial charge in [0.15, 0.2) is 11.5 Å². The lowest BCUT2D eigenvalue weighted by atomic mass is 10.0. The van der Waals surface area contributed by atoms with Crippen LogP contribution in [0.3, 0.4) is 0 Å². The molecule has 6 nitrogen and oxygen atoms in total. The molecule has 1 N–H and O–H groups in total. The number of hydrogen-bond acceptors (Lipinski definition) is 4. The van der Waals surface area contributed by atoms with Crippen molar-refractivity contribution in [1.29, 1.82) is 0 Å². The smallest absolute Gasteiger partial charge is 0.243 e. The predicted molar refractivity (Wildman–Crippen MR) is 106 cm³/mol. The minimum atomic E-state index is -3.65. The summed E-state index contributed by atoms with van der Waals surface area (Å²) in [7, 11) is -3.65. The minimum Gasteiger partial charge on any atom is -0.486 e. The van der Waals surface area contributed by atoms with Crippen LogP contribution in [0.1, 0.15) is 31.0 Å². The number of benzene rings is 2. The number of rotatable bonds is 3. The number of nitrogens with zero attached hydrogens (tertiary/aromatic N) is 1. The van der Waals surface area contributed by atoms with Gasteiger partial charge < -0.3 is 14.5 Å². The summed E-state index contributed by atoms with van der Waals surface area (Å²) >= 11 is 0. The van der Waals surface area contributed by atoms with Gasteiger partial charge in [0.25, 0.3) is 0 Å². The van der Waals surface area contributed by atoms with Gasteiger partial charge in [0, 0.05) is 23.8 Å². The van der Waals surface area contributed by atoms with E-state index in [1.165, 1.54) is 0 Å². The molecule has 3 aromatic rings. The number of fused-ring (bicyclic) bond motifs is 2. The number of hydrogen-bond donors (Lipinski definition) is 1. The molecule has 1 fully saturated rings. The van der Waals surface area contributed by atoms with Crippen LogP contribution in [0.5, 0.6) is 11.5 Å². The highest BCUT2D eigenvalue weighted by molar-refractivity contribution is 7.89. The maximum atomic E-state index is 13.5. The Hall–Kier alpha value is -2.51. The molecule has 2 aliphatic heterocycles. The highest BCUT2D eigenvalue weighted by Crippen LogP contribution is 2.38. The van der Waals surface area contributed by atoms with Crippen molar-refractivity contribution in [1.82, 2.24) is 9.29 Å². The first-order valence-corrected chi connectivity index (χ1v) is 11.1. The third-order valence-corrected chi connectivity index (χ3v) is 7.39. The molecule has 146 valence electrons. The Morgan fingerprint density at radius 1 is 0.964 bits per heavy atom. The van der Waals surface area contributed by atoms with Crippen LogP contribution < -0.4 is 9.47 Å². The van der Waals surface area contributed by atoms with E-state index in [0.717, 1.165) is 35.9 Å². The van der Waals surface area contributed by atoms with Crippen LogP contribution in [0.25, 0.3) is 10.9 Å². The summed E-state index contributed by atoms with van der Waals surface area (Å²) in [5, 5.41) is 1.10. The average molecular weight is 398 g/mol. The molecule has 2 aromatic carbocycles. The third-order valence-electron chi connectivity index (χ3n) is 5.48. The molecule has 1 atom stereocenters. The zero-order chi connectivity index (χ0) is 19.1. The molecular formula is C21H22N2O4S. The van der Waals surface area contributed by atoms with Gasteiger partial charge in [-0.3, -0.25) is 0 Å². The number of para-hydroxylation sites is 1. The summed E-state index contributed by atoms with van der Waals surface area (Å²) < 4.78 is 39.7. The summed E-state index contributed by atoms with van der Waals surface area (Å²) in [6.45, 7) is 1.42. The Labute approximate surface area is 164 Å². The highest BCUT2D eigenvalue weighted by atomic mass is 32.2. The van der Waals surface area contributed by atoms with Crippen molar-refractivity contribution in [3.63, 3.8) is 0 Å². The lowest BCUT2D eigenvalue weighted by molar-refractivity contribution is 0.171. The second kappa shape index (κ2) is 6.83. The zero-order valence-corrected chi connectivity index (χ0v) is 16.2. The van der Waals surface area contributed by atoms with Crippen LogP contribution >= 0.6 is 0 Å². The molecule has 28 heavy (non-hydrogen) atoms. The van der Waals surface area contributed by atoms with Crippen LogP contribution in [0.15, 0.2) is 53.4 Å². The largest absolute Gasteiger partial charge is 0.486 e. The van der Waals surface area contributed by atoms with Crippen LogP contribution in [0, 0.1) is 0 Å². The molecule has 0 bridgehead atoms. The number of ether oxygens (including phenoxy) is 2. The summed E-state index contributed by atoms with van der Waals surface area (Å²) in [5.74, 6) is 1.09. The van der Waals surface area contributed by atoms with E-state index < -0.39 is 10.0 Å². The number of aromatic nitrogens is 1. The fraction of sp³-hybridized carbons (Fsp3) is 0.333. The monoisotopic (exact) mass is 398 g/mol. The van der Waals surface area contributed by atoms with Gasteiger partial charge in [0.05, 0.1) is 10.9 Å². The van der Waals surface area contributed by atoms with E-state index in [9.17, 15) is 8.42 Å². The van der Waals surface area contributed by atoms with Crippen LogP contribution in [-0.2, 0) is 10.0 Å². The molecule has 0 saturated carbocycles. The molecule has 1 saturated heterocycles. The molecule has 1 unspecified atom stereocenters. The van der Waals surface area contributed by atoms with E-state index in [1.54, 1.807) is 22.5 Å². The van der Waals surface area contributed by atoms with Crippen LogP contribution in [-0.4, -0.2) is 37.5 Å². The van der Waals surface area contributed by atoms with Gasteiger partial charge in [-0.1, -0.05) is 24.6 Å². The van der Waals surface area contributed by atoms with E-state index >= 15 is 0 Å². The number of H-pyrrole nitrogens is 1. The minimum absolute atomic E-state index is 0.195. The van der Waals surface area contributed by atoms with E-state index in [4.69, 9.17) is 9.47 Å². The molecule has 5 rings (SSSR count). The zero-order valence-electron chi connectivity index (χ0n) is 15.4. The van der Waals surface area contributed by atoms with Gasteiger partial charge in [-0.15, -0.1) is 0 Å². The second-order valence-corrected chi connectivity index (χ2v) is 9.14. The van der Waals surface area contributed by atoms with Crippen molar-refractivity contribution >= 4 is 20.9 Å². The summed E-state index contributed by atoms with van der Waals surface area (Å²) in [4.78, 5) is 3.67. The number of aromatic amines is 1. The predicted octanol–water partition coefficient (Wildman–Crippen LogP) is 3.86. The van der Waals surface area contributed by atoms with Gasteiger partial charge in [0.1, 0.15) is 13.2 Å². The van der Waals surface area contributed by atoms with E-state index in [1.807, 2.05) is 24.3 Å². The molecule has 3 heterocycles. The van der Waals surface area contributed by atoms with Crippen molar-refractivity contribution in [2.75, 3.05) is 19.8 Å². The maximum absolute atomic E-state index is 13.5. The topological polar surface area (TPSA) is 71.6 Å². The summed E-state index contributed by atoms with van der Waals surface area (Å²) in [6.07, 6.45) is 2.67. The SMILES string of the molecule is O=S(=O)(c1ccc2c(c1)OCCO2)N1CCCCC1c1cc2ccccc2[nH]1. The molecule has 0 radical (unpaired) electrons. The molecule has 0 amide bonds. The standard InChI is InChI=1S/C21H22N2O4S/c24-28(25,16-8-9-20-21(14-16)27-12-11-26-20)23-10-4-3-7-19(23)18-13-15-5-1-2-6-17(15)22-18/h1-2,5-6,8-9,13-14,19,22H,3-4,7,10-12H2. The molecule has 2 aliphatic rings. The van der Waals surface area contributed by atoms with Gasteiger partial charge in [-0.25, -0.2) is 8.42 Å². The summed E-state index contributed by atoms with van der Waals surface area (Å²) in [6, 6.07) is 14.8. The lowest BCUT2D eigenvalue weighted by Crippen LogP contribution is -2.38. The molecule has 0 aliphatic carbocycles. The molecule has 7 heteroatoms. The quantitative estimate of drug-likeness (QED) is 0.727. The Kier molecular flexibility index (Phi) is 4.29.